The van der Waals surface area contributed by atoms with E-state index in [-0.39, 0.29) is 5.91 Å². The van der Waals surface area contributed by atoms with Crippen LogP contribution in [-0.4, -0.2) is 30.5 Å². The number of hydrogen-bond donors (Lipinski definition) is 2. The van der Waals surface area contributed by atoms with E-state index in [1.54, 1.807) is 17.8 Å². The molecule has 5 heteroatoms. The van der Waals surface area contributed by atoms with Crippen LogP contribution in [0.4, 0.5) is 5.69 Å². The first-order valence-electron chi connectivity index (χ1n) is 6.58. The Bertz CT molecular complexity index is 422. The van der Waals surface area contributed by atoms with E-state index in [1.807, 2.05) is 18.2 Å². The lowest BCUT2D eigenvalue weighted by Gasteiger charge is -2.22. The molecule has 0 radical (unpaired) electrons. The molecule has 1 atom stereocenters. The van der Waals surface area contributed by atoms with E-state index in [2.05, 4.69) is 10.6 Å². The number of anilines is 1. The van der Waals surface area contributed by atoms with Crippen molar-refractivity contribution in [3.05, 3.63) is 29.3 Å². The topological polar surface area (TPSA) is 41.1 Å². The molecule has 2 N–H and O–H groups in total. The number of benzene rings is 1. The van der Waals surface area contributed by atoms with Gasteiger partial charge in [0.1, 0.15) is 0 Å². The fourth-order valence-electron chi connectivity index (χ4n) is 2.13. The highest BCUT2D eigenvalue weighted by molar-refractivity contribution is 7.99. The number of hydrogen-bond acceptors (Lipinski definition) is 3. The number of carbonyl (C=O) groups excluding carboxylic acids is 1. The minimum atomic E-state index is 0.0156. The molecule has 104 valence electrons. The number of amides is 1. The van der Waals surface area contributed by atoms with Gasteiger partial charge in [-0.3, -0.25) is 4.79 Å². The molecule has 3 nitrogen and oxygen atoms in total. The molecule has 0 aromatic heterocycles. The van der Waals surface area contributed by atoms with Gasteiger partial charge in [0.25, 0.3) is 0 Å². The van der Waals surface area contributed by atoms with Gasteiger partial charge < -0.3 is 10.6 Å². The molecule has 1 aliphatic rings. The molecule has 1 amide bonds. The summed E-state index contributed by atoms with van der Waals surface area (Å²) in [7, 11) is 0. The number of nitrogens with one attached hydrogen (secondary N) is 2. The van der Waals surface area contributed by atoms with Crippen LogP contribution in [0.5, 0.6) is 0 Å². The molecule has 1 fully saturated rings. The number of carbonyl (C=O) groups is 1. The zero-order valence-corrected chi connectivity index (χ0v) is 12.4. The first-order valence-corrected chi connectivity index (χ1v) is 8.12. The minimum Gasteiger partial charge on any atom is -0.324 e. The van der Waals surface area contributed by atoms with E-state index in [1.165, 1.54) is 12.8 Å². The standard InChI is InChI=1S/C14H19ClN2OS/c15-12-5-1-2-6-13(12)17-14(18)10-19-9-11-4-3-7-16-8-11/h1-2,5-6,11,16H,3-4,7-10H2,(H,17,18). The Labute approximate surface area is 123 Å². The normalized spacial score (nSPS) is 19.1. The highest BCUT2D eigenvalue weighted by Gasteiger charge is 2.13. The van der Waals surface area contributed by atoms with Crippen LogP contribution in [0.2, 0.25) is 5.02 Å². The van der Waals surface area contributed by atoms with E-state index in [0.29, 0.717) is 22.4 Å². The second-order valence-electron chi connectivity index (χ2n) is 4.76. The zero-order valence-electron chi connectivity index (χ0n) is 10.8. The molecule has 1 aromatic rings. The third-order valence-electron chi connectivity index (χ3n) is 3.13. The molecule has 0 aliphatic carbocycles. The van der Waals surface area contributed by atoms with E-state index in [9.17, 15) is 4.79 Å². The van der Waals surface area contributed by atoms with Crippen LogP contribution in [0.25, 0.3) is 0 Å². The van der Waals surface area contributed by atoms with Crippen molar-refractivity contribution in [1.29, 1.82) is 0 Å². The van der Waals surface area contributed by atoms with Crippen LogP contribution in [0, 0.1) is 5.92 Å². The van der Waals surface area contributed by atoms with Gasteiger partial charge in [-0.1, -0.05) is 23.7 Å². The summed E-state index contributed by atoms with van der Waals surface area (Å²) < 4.78 is 0. The molecule has 19 heavy (non-hydrogen) atoms. The highest BCUT2D eigenvalue weighted by atomic mass is 35.5. The maximum Gasteiger partial charge on any atom is 0.234 e. The molecule has 1 saturated heterocycles. The molecule has 2 rings (SSSR count). The van der Waals surface area contributed by atoms with Crippen molar-refractivity contribution in [1.82, 2.24) is 5.32 Å². The van der Waals surface area contributed by atoms with Gasteiger partial charge in [0.15, 0.2) is 0 Å². The summed E-state index contributed by atoms with van der Waals surface area (Å²) >= 11 is 7.69. The molecule has 0 saturated carbocycles. The van der Waals surface area contributed by atoms with Crippen molar-refractivity contribution in [2.45, 2.75) is 12.8 Å². The Morgan fingerprint density at radius 3 is 3.05 bits per heavy atom. The minimum absolute atomic E-state index is 0.0156. The third kappa shape index (κ3) is 5.05. The monoisotopic (exact) mass is 298 g/mol. The van der Waals surface area contributed by atoms with Gasteiger partial charge in [-0.05, 0) is 49.7 Å². The van der Waals surface area contributed by atoms with Crippen molar-refractivity contribution in [2.75, 3.05) is 29.9 Å². The van der Waals surface area contributed by atoms with Gasteiger partial charge in [-0.25, -0.2) is 0 Å². The third-order valence-corrected chi connectivity index (χ3v) is 4.64. The van der Waals surface area contributed by atoms with E-state index in [0.717, 1.165) is 18.8 Å². The quantitative estimate of drug-likeness (QED) is 0.878. The largest absolute Gasteiger partial charge is 0.324 e. The van der Waals surface area contributed by atoms with E-state index < -0.39 is 0 Å². The zero-order chi connectivity index (χ0) is 13.5. The molecular formula is C14H19ClN2OS. The van der Waals surface area contributed by atoms with Gasteiger partial charge in [0.05, 0.1) is 16.5 Å². The predicted molar refractivity (Wildman–Crippen MR) is 83.0 cm³/mol. The summed E-state index contributed by atoms with van der Waals surface area (Å²) in [6, 6.07) is 7.30. The Balaban J connectivity index is 1.68. The molecule has 1 aliphatic heterocycles. The van der Waals surface area contributed by atoms with Gasteiger partial charge in [-0.15, -0.1) is 0 Å². The Kier molecular flexibility index (Phi) is 6.01. The second kappa shape index (κ2) is 7.78. The number of para-hydroxylation sites is 1. The number of rotatable bonds is 5. The Morgan fingerprint density at radius 1 is 1.47 bits per heavy atom. The maximum absolute atomic E-state index is 11.8. The number of piperidine rings is 1. The second-order valence-corrected chi connectivity index (χ2v) is 6.19. The summed E-state index contributed by atoms with van der Waals surface area (Å²) in [5, 5.41) is 6.81. The summed E-state index contributed by atoms with van der Waals surface area (Å²) in [5.41, 5.74) is 0.689. The van der Waals surface area contributed by atoms with Crippen molar-refractivity contribution < 1.29 is 4.79 Å². The van der Waals surface area contributed by atoms with Gasteiger partial charge in [0.2, 0.25) is 5.91 Å². The number of thioether (sulfide) groups is 1. The average Bonchev–Trinajstić information content (AvgIpc) is 2.43. The Hall–Kier alpha value is -0.710. The molecule has 1 heterocycles. The SMILES string of the molecule is O=C(CSCC1CCCNC1)Nc1ccccc1Cl. The van der Waals surface area contributed by atoms with E-state index >= 15 is 0 Å². The van der Waals surface area contributed by atoms with Crippen LogP contribution < -0.4 is 10.6 Å². The fraction of sp³-hybridized carbons (Fsp3) is 0.500. The van der Waals surface area contributed by atoms with Crippen LogP contribution in [-0.2, 0) is 4.79 Å². The summed E-state index contributed by atoms with van der Waals surface area (Å²) in [5.74, 6) is 2.25. The summed E-state index contributed by atoms with van der Waals surface area (Å²) in [4.78, 5) is 11.8. The lowest BCUT2D eigenvalue weighted by molar-refractivity contribution is -0.113. The first-order chi connectivity index (χ1) is 9.25. The van der Waals surface area contributed by atoms with Crippen LogP contribution in [0.3, 0.4) is 0 Å². The predicted octanol–water partition coefficient (Wildman–Crippen LogP) is 3.01. The summed E-state index contributed by atoms with van der Waals surface area (Å²) in [6.45, 7) is 2.22. The maximum atomic E-state index is 11.8. The van der Waals surface area contributed by atoms with Gasteiger partial charge in [-0.2, -0.15) is 11.8 Å². The first kappa shape index (κ1) is 14.7. The van der Waals surface area contributed by atoms with Crippen molar-refractivity contribution >= 4 is 35.0 Å². The van der Waals surface area contributed by atoms with Crippen molar-refractivity contribution in [3.8, 4) is 0 Å². The molecule has 0 bridgehead atoms. The summed E-state index contributed by atoms with van der Waals surface area (Å²) in [6.07, 6.45) is 2.52. The van der Waals surface area contributed by atoms with E-state index in [4.69, 9.17) is 11.6 Å². The van der Waals surface area contributed by atoms with Crippen molar-refractivity contribution in [3.63, 3.8) is 0 Å². The average molecular weight is 299 g/mol. The lowest BCUT2D eigenvalue weighted by atomic mass is 10.0. The van der Waals surface area contributed by atoms with Crippen LogP contribution in [0.1, 0.15) is 12.8 Å². The lowest BCUT2D eigenvalue weighted by Crippen LogP contribution is -2.31. The Morgan fingerprint density at radius 2 is 2.32 bits per heavy atom. The van der Waals surface area contributed by atoms with Gasteiger partial charge in [0, 0.05) is 0 Å². The molecule has 1 aromatic carbocycles. The molecule has 0 spiro atoms. The van der Waals surface area contributed by atoms with Gasteiger partial charge >= 0.3 is 0 Å². The molecular weight excluding hydrogens is 280 g/mol. The molecule has 1 unspecified atom stereocenters. The van der Waals surface area contributed by atoms with Crippen LogP contribution >= 0.6 is 23.4 Å². The number of halogens is 1. The van der Waals surface area contributed by atoms with Crippen LogP contribution in [0.15, 0.2) is 24.3 Å². The fourth-order valence-corrected chi connectivity index (χ4v) is 3.31. The van der Waals surface area contributed by atoms with Crippen molar-refractivity contribution in [2.24, 2.45) is 5.92 Å². The highest BCUT2D eigenvalue weighted by Crippen LogP contribution is 2.21. The smallest absolute Gasteiger partial charge is 0.234 e.